The molecule has 0 saturated heterocycles. The Balaban J connectivity index is 1.80. The monoisotopic (exact) mass is 395 g/mol. The van der Waals surface area contributed by atoms with Crippen LogP contribution >= 0.6 is 12.6 Å². The van der Waals surface area contributed by atoms with Crippen LogP contribution in [0.4, 0.5) is 0 Å². The summed E-state index contributed by atoms with van der Waals surface area (Å²) < 4.78 is 8.98. The Bertz CT molecular complexity index is 687. The number of hydrogen-bond donors (Lipinski definition) is 2. The summed E-state index contributed by atoms with van der Waals surface area (Å²) in [5, 5.41) is 19.3. The van der Waals surface area contributed by atoms with Crippen molar-refractivity contribution in [1.29, 1.82) is 0 Å². The highest BCUT2D eigenvalue weighted by molar-refractivity contribution is 7.80. The van der Waals surface area contributed by atoms with Crippen molar-refractivity contribution in [2.45, 2.75) is 63.8 Å². The van der Waals surface area contributed by atoms with E-state index in [4.69, 9.17) is 4.74 Å². The van der Waals surface area contributed by atoms with Gasteiger partial charge in [-0.15, -0.1) is 0 Å². The molecule has 0 bridgehead atoms. The maximum atomic E-state index is 10.4. The fraction of sp³-hybridized carbons (Fsp3) is 0.684. The van der Waals surface area contributed by atoms with E-state index in [0.29, 0.717) is 12.5 Å². The Morgan fingerprint density at radius 3 is 2.30 bits per heavy atom. The standard InChI is InChI=1S/C19H33N5O2S/c1-14(17-8-20-23(11-17)10-15(2)26-5)6-7-22(4)19(25)13-24-12-18(9-21-24)16(3)27/h8-9,11-12,14-16,19,25,27H,6-7,10,13H2,1-5H3. The van der Waals surface area contributed by atoms with Crippen molar-refractivity contribution in [3.05, 3.63) is 35.9 Å². The lowest BCUT2D eigenvalue weighted by Crippen LogP contribution is -2.36. The largest absolute Gasteiger partial charge is 0.380 e. The molecule has 4 atom stereocenters. The zero-order valence-corrected chi connectivity index (χ0v) is 17.9. The number of likely N-dealkylation sites (N-methyl/N-ethyl adjacent to an activating group) is 1. The van der Waals surface area contributed by atoms with Gasteiger partial charge in [-0.2, -0.15) is 22.8 Å². The predicted octanol–water partition coefficient (Wildman–Crippen LogP) is 2.55. The van der Waals surface area contributed by atoms with Gasteiger partial charge in [0, 0.05) is 36.9 Å². The Morgan fingerprint density at radius 2 is 1.70 bits per heavy atom. The van der Waals surface area contributed by atoms with E-state index in [1.165, 1.54) is 5.56 Å². The molecular weight excluding hydrogens is 362 g/mol. The maximum absolute atomic E-state index is 10.4. The van der Waals surface area contributed by atoms with E-state index in [2.05, 4.69) is 35.9 Å². The average Bonchev–Trinajstić information content (AvgIpc) is 3.28. The van der Waals surface area contributed by atoms with Gasteiger partial charge in [-0.25, -0.2) is 0 Å². The minimum Gasteiger partial charge on any atom is -0.380 e. The number of nitrogens with zero attached hydrogens (tertiary/aromatic N) is 5. The zero-order valence-electron chi connectivity index (χ0n) is 17.0. The average molecular weight is 396 g/mol. The Hall–Kier alpha value is -1.35. The Labute approximate surface area is 167 Å². The number of thiol groups is 1. The molecule has 4 unspecified atom stereocenters. The molecule has 2 aromatic rings. The SMILES string of the molecule is COC(C)Cn1cc(C(C)CCN(C)C(O)Cn2cc(C(C)S)cn2)cn1. The van der Waals surface area contributed by atoms with Crippen molar-refractivity contribution in [2.75, 3.05) is 20.7 Å². The van der Waals surface area contributed by atoms with E-state index < -0.39 is 6.23 Å². The fourth-order valence-electron chi connectivity index (χ4n) is 2.79. The lowest BCUT2D eigenvalue weighted by Gasteiger charge is -2.24. The van der Waals surface area contributed by atoms with Crippen molar-refractivity contribution < 1.29 is 9.84 Å². The number of methoxy groups -OCH3 is 1. The molecule has 0 saturated carbocycles. The smallest absolute Gasteiger partial charge is 0.126 e. The van der Waals surface area contributed by atoms with Crippen LogP contribution in [-0.4, -0.2) is 62.6 Å². The molecule has 8 heteroatoms. The van der Waals surface area contributed by atoms with Gasteiger partial charge in [0.2, 0.25) is 0 Å². The summed E-state index contributed by atoms with van der Waals surface area (Å²) in [7, 11) is 3.65. The summed E-state index contributed by atoms with van der Waals surface area (Å²) in [6, 6.07) is 0. The van der Waals surface area contributed by atoms with Gasteiger partial charge in [0.15, 0.2) is 0 Å². The topological polar surface area (TPSA) is 68.3 Å². The first-order valence-corrected chi connectivity index (χ1v) is 9.95. The highest BCUT2D eigenvalue weighted by atomic mass is 32.1. The molecule has 0 aliphatic rings. The van der Waals surface area contributed by atoms with Crippen LogP contribution in [0.5, 0.6) is 0 Å². The van der Waals surface area contributed by atoms with Gasteiger partial charge in [0.25, 0.3) is 0 Å². The van der Waals surface area contributed by atoms with Crippen LogP contribution in [-0.2, 0) is 17.8 Å². The van der Waals surface area contributed by atoms with Gasteiger partial charge >= 0.3 is 0 Å². The lowest BCUT2D eigenvalue weighted by atomic mass is 10.0. The van der Waals surface area contributed by atoms with E-state index in [9.17, 15) is 5.11 Å². The van der Waals surface area contributed by atoms with Crippen molar-refractivity contribution >= 4 is 12.6 Å². The molecule has 0 fully saturated rings. The molecule has 2 aromatic heterocycles. The maximum Gasteiger partial charge on any atom is 0.126 e. The van der Waals surface area contributed by atoms with E-state index in [-0.39, 0.29) is 11.4 Å². The molecule has 152 valence electrons. The van der Waals surface area contributed by atoms with E-state index in [1.807, 2.05) is 42.9 Å². The summed E-state index contributed by atoms with van der Waals surface area (Å²) in [6.45, 7) is 8.21. The van der Waals surface area contributed by atoms with Gasteiger partial charge in [-0.3, -0.25) is 14.3 Å². The zero-order chi connectivity index (χ0) is 20.0. The van der Waals surface area contributed by atoms with E-state index in [1.54, 1.807) is 18.0 Å². The van der Waals surface area contributed by atoms with Gasteiger partial charge in [0.1, 0.15) is 6.23 Å². The van der Waals surface area contributed by atoms with E-state index >= 15 is 0 Å². The fourth-order valence-corrected chi connectivity index (χ4v) is 2.92. The first-order valence-electron chi connectivity index (χ1n) is 9.44. The van der Waals surface area contributed by atoms with Crippen LogP contribution in [0, 0.1) is 0 Å². The highest BCUT2D eigenvalue weighted by Crippen LogP contribution is 2.20. The molecule has 7 nitrogen and oxygen atoms in total. The number of aromatic nitrogens is 4. The predicted molar refractivity (Wildman–Crippen MR) is 110 cm³/mol. The van der Waals surface area contributed by atoms with Crippen LogP contribution in [0.2, 0.25) is 0 Å². The molecule has 0 amide bonds. The van der Waals surface area contributed by atoms with Crippen LogP contribution in [0.3, 0.4) is 0 Å². The first-order chi connectivity index (χ1) is 12.8. The quantitative estimate of drug-likeness (QED) is 0.452. The van der Waals surface area contributed by atoms with Crippen molar-refractivity contribution in [3.63, 3.8) is 0 Å². The molecule has 0 spiro atoms. The summed E-state index contributed by atoms with van der Waals surface area (Å²) in [5.41, 5.74) is 2.27. The number of ether oxygens (including phenoxy) is 1. The second-order valence-electron chi connectivity index (χ2n) is 7.36. The van der Waals surface area contributed by atoms with Gasteiger partial charge in [0.05, 0.1) is 31.6 Å². The minimum absolute atomic E-state index is 0.141. The molecular formula is C19H33N5O2S. The van der Waals surface area contributed by atoms with Crippen LogP contribution < -0.4 is 0 Å². The van der Waals surface area contributed by atoms with Gasteiger partial charge < -0.3 is 9.84 Å². The van der Waals surface area contributed by atoms with Gasteiger partial charge in [-0.1, -0.05) is 6.92 Å². The second kappa shape index (κ2) is 10.3. The number of hydrogen-bond acceptors (Lipinski definition) is 6. The Kier molecular flexibility index (Phi) is 8.34. The number of rotatable bonds is 11. The molecule has 0 radical (unpaired) electrons. The summed E-state index contributed by atoms with van der Waals surface area (Å²) in [6.07, 6.45) is 8.25. The molecule has 27 heavy (non-hydrogen) atoms. The highest BCUT2D eigenvalue weighted by Gasteiger charge is 2.16. The molecule has 0 aliphatic carbocycles. The lowest BCUT2D eigenvalue weighted by molar-refractivity contribution is 0.00496. The number of aliphatic hydroxyl groups excluding tert-OH is 1. The van der Waals surface area contributed by atoms with Crippen molar-refractivity contribution in [1.82, 2.24) is 24.5 Å². The van der Waals surface area contributed by atoms with Gasteiger partial charge in [-0.05, 0) is 38.8 Å². The summed E-state index contributed by atoms with van der Waals surface area (Å²) in [5.74, 6) is 0.368. The third kappa shape index (κ3) is 6.64. The minimum atomic E-state index is -0.578. The summed E-state index contributed by atoms with van der Waals surface area (Å²) in [4.78, 5) is 1.96. The summed E-state index contributed by atoms with van der Waals surface area (Å²) >= 11 is 4.41. The van der Waals surface area contributed by atoms with Crippen LogP contribution in [0.15, 0.2) is 24.8 Å². The van der Waals surface area contributed by atoms with Crippen LogP contribution in [0.1, 0.15) is 49.5 Å². The third-order valence-electron chi connectivity index (χ3n) is 4.98. The number of aliphatic hydroxyl groups is 1. The van der Waals surface area contributed by atoms with Crippen molar-refractivity contribution in [2.24, 2.45) is 0 Å². The van der Waals surface area contributed by atoms with Crippen LogP contribution in [0.25, 0.3) is 0 Å². The van der Waals surface area contributed by atoms with Crippen molar-refractivity contribution in [3.8, 4) is 0 Å². The molecule has 0 aromatic carbocycles. The molecule has 1 N–H and O–H groups in total. The van der Waals surface area contributed by atoms with E-state index in [0.717, 1.165) is 25.1 Å². The first kappa shape index (κ1) is 21.9. The Morgan fingerprint density at radius 1 is 1.11 bits per heavy atom. The second-order valence-corrected chi connectivity index (χ2v) is 8.14. The molecule has 2 rings (SSSR count). The third-order valence-corrected chi connectivity index (χ3v) is 5.28. The molecule has 2 heterocycles. The molecule has 0 aliphatic heterocycles. The normalized spacial score (nSPS) is 16.4.